The van der Waals surface area contributed by atoms with Crippen molar-refractivity contribution in [1.82, 2.24) is 14.8 Å². The van der Waals surface area contributed by atoms with Crippen molar-refractivity contribution in [3.05, 3.63) is 65.9 Å². The zero-order chi connectivity index (χ0) is 27.0. The predicted molar refractivity (Wildman–Crippen MR) is 150 cm³/mol. The number of amides is 2. The van der Waals surface area contributed by atoms with Crippen molar-refractivity contribution >= 4 is 40.4 Å². The van der Waals surface area contributed by atoms with Gasteiger partial charge in [0.15, 0.2) is 0 Å². The van der Waals surface area contributed by atoms with E-state index < -0.39 is 0 Å². The largest absolute Gasteiger partial charge is 0.492 e. The van der Waals surface area contributed by atoms with Gasteiger partial charge in [-0.2, -0.15) is 0 Å². The maximum Gasteiger partial charge on any atom is 0.260 e. The molecule has 3 aromatic rings. The van der Waals surface area contributed by atoms with E-state index in [1.165, 1.54) is 0 Å². The number of likely N-dealkylation sites (N-methyl/N-ethyl adjacent to an activating group) is 1. The average molecular weight is 515 g/mol. The van der Waals surface area contributed by atoms with Crippen molar-refractivity contribution < 1.29 is 14.3 Å². The van der Waals surface area contributed by atoms with E-state index in [1.807, 2.05) is 66.2 Å². The monoisotopic (exact) mass is 514 g/mol. The lowest BCUT2D eigenvalue weighted by Crippen LogP contribution is -2.34. The van der Waals surface area contributed by atoms with E-state index in [4.69, 9.17) is 4.74 Å². The number of carbonyl (C=O) groups is 2. The van der Waals surface area contributed by atoms with Crippen LogP contribution in [0.4, 0.5) is 28.6 Å². The Labute approximate surface area is 223 Å². The first-order chi connectivity index (χ1) is 18.3. The molecule has 198 valence electrons. The Morgan fingerprint density at radius 3 is 2.61 bits per heavy atom. The molecule has 1 N–H and O–H groups in total. The van der Waals surface area contributed by atoms with Crippen LogP contribution in [-0.4, -0.2) is 80.5 Å². The maximum atomic E-state index is 13.2. The summed E-state index contributed by atoms with van der Waals surface area (Å²) in [6.45, 7) is 3.85. The van der Waals surface area contributed by atoms with Crippen LogP contribution in [-0.2, 0) is 0 Å². The highest BCUT2D eigenvalue weighted by Gasteiger charge is 2.29. The number of benzene rings is 2. The van der Waals surface area contributed by atoms with Gasteiger partial charge in [-0.15, -0.1) is 0 Å². The van der Waals surface area contributed by atoms with Gasteiger partial charge in [-0.3, -0.25) is 9.59 Å². The van der Waals surface area contributed by atoms with Crippen LogP contribution in [0.3, 0.4) is 0 Å². The third-order valence-electron chi connectivity index (χ3n) is 7.36. The van der Waals surface area contributed by atoms with Crippen molar-refractivity contribution in [3.8, 4) is 5.75 Å². The molecule has 3 heterocycles. The minimum atomic E-state index is -0.0810. The number of hydrogen-bond donors (Lipinski definition) is 1. The molecule has 0 saturated carbocycles. The number of para-hydroxylation sites is 1. The van der Waals surface area contributed by atoms with Crippen LogP contribution in [0.15, 0.2) is 54.7 Å². The summed E-state index contributed by atoms with van der Waals surface area (Å²) in [7, 11) is 7.81. The summed E-state index contributed by atoms with van der Waals surface area (Å²) in [6.07, 6.45) is 2.67. The molecule has 2 aromatic carbocycles. The molecule has 0 spiro atoms. The van der Waals surface area contributed by atoms with Crippen molar-refractivity contribution in [2.75, 3.05) is 63.0 Å². The van der Waals surface area contributed by atoms with Gasteiger partial charge in [0, 0.05) is 44.9 Å². The van der Waals surface area contributed by atoms with Crippen molar-refractivity contribution in [1.29, 1.82) is 0 Å². The lowest BCUT2D eigenvalue weighted by molar-refractivity contribution is 0.0782. The molecule has 9 nitrogen and oxygen atoms in total. The Bertz CT molecular complexity index is 1370. The molecule has 38 heavy (non-hydrogen) atoms. The van der Waals surface area contributed by atoms with Crippen molar-refractivity contribution in [3.63, 3.8) is 0 Å². The zero-order valence-corrected chi connectivity index (χ0v) is 22.6. The lowest BCUT2D eigenvalue weighted by atomic mass is 10.1. The Balaban J connectivity index is 1.43. The molecule has 5 rings (SSSR count). The molecule has 0 radical (unpaired) electrons. The number of hydrogen-bond acceptors (Lipinski definition) is 7. The van der Waals surface area contributed by atoms with Gasteiger partial charge >= 0.3 is 0 Å². The Morgan fingerprint density at radius 2 is 1.87 bits per heavy atom. The van der Waals surface area contributed by atoms with E-state index in [0.29, 0.717) is 46.7 Å². The fourth-order valence-corrected chi connectivity index (χ4v) is 5.10. The first kappa shape index (κ1) is 25.5. The van der Waals surface area contributed by atoms with Crippen molar-refractivity contribution in [2.24, 2.45) is 0 Å². The summed E-state index contributed by atoms with van der Waals surface area (Å²) in [4.78, 5) is 38.6. The van der Waals surface area contributed by atoms with E-state index in [1.54, 1.807) is 24.2 Å². The highest BCUT2D eigenvalue weighted by Crippen LogP contribution is 2.40. The zero-order valence-electron chi connectivity index (χ0n) is 22.6. The second-order valence-corrected chi connectivity index (χ2v) is 9.92. The number of fused-ring (bicyclic) bond motifs is 2. The van der Waals surface area contributed by atoms with Gasteiger partial charge in [-0.1, -0.05) is 12.1 Å². The number of likely N-dealkylation sites (tertiary alicyclic amines) is 1. The van der Waals surface area contributed by atoms with Gasteiger partial charge in [0.25, 0.3) is 11.8 Å². The van der Waals surface area contributed by atoms with Gasteiger partial charge in [0.1, 0.15) is 11.6 Å². The number of pyridine rings is 1. The summed E-state index contributed by atoms with van der Waals surface area (Å²) < 4.78 is 5.92. The topological polar surface area (TPSA) is 81.2 Å². The minimum absolute atomic E-state index is 0.0120. The van der Waals surface area contributed by atoms with Crippen LogP contribution >= 0.6 is 0 Å². The molecule has 2 aliphatic heterocycles. The summed E-state index contributed by atoms with van der Waals surface area (Å²) in [6, 6.07) is 15.4. The highest BCUT2D eigenvalue weighted by molar-refractivity contribution is 6.13. The molecule has 1 saturated heterocycles. The fourth-order valence-electron chi connectivity index (χ4n) is 5.10. The fraction of sp³-hybridized carbons (Fsp3) is 0.345. The van der Waals surface area contributed by atoms with E-state index in [-0.39, 0.29) is 11.8 Å². The smallest absolute Gasteiger partial charge is 0.260 e. The van der Waals surface area contributed by atoms with Crippen LogP contribution in [0.5, 0.6) is 5.75 Å². The van der Waals surface area contributed by atoms with Gasteiger partial charge in [0.2, 0.25) is 0 Å². The second-order valence-electron chi connectivity index (χ2n) is 9.92. The molecule has 1 aromatic heterocycles. The van der Waals surface area contributed by atoms with Crippen LogP contribution in [0.1, 0.15) is 34.1 Å². The standard InChI is InChI=1S/C29H34N6O3/c1-6-38-26-15-19(28(36)35-14-13-20(18-35)32(2)3)11-12-22(26)31-27-16-24-25(17-30-27)34(5)29(37)21-9-7-8-10-23(21)33(24)4/h7-12,15-17,20H,6,13-14,18H2,1-5H3,(H,30,31)/t20-/m1/s1. The second kappa shape index (κ2) is 10.3. The summed E-state index contributed by atoms with van der Waals surface area (Å²) in [5.74, 6) is 1.12. The maximum absolute atomic E-state index is 13.2. The molecule has 0 bridgehead atoms. The molecule has 0 unspecified atom stereocenters. The summed E-state index contributed by atoms with van der Waals surface area (Å²) in [5, 5.41) is 3.36. The molecule has 1 fully saturated rings. The van der Waals surface area contributed by atoms with E-state index in [2.05, 4.69) is 29.3 Å². The number of ether oxygens (including phenoxy) is 1. The molecule has 9 heteroatoms. The molecule has 1 atom stereocenters. The molecule has 0 aliphatic carbocycles. The predicted octanol–water partition coefficient (Wildman–Crippen LogP) is 4.36. The lowest BCUT2D eigenvalue weighted by Gasteiger charge is -2.23. The van der Waals surface area contributed by atoms with Crippen LogP contribution < -0.4 is 19.9 Å². The van der Waals surface area contributed by atoms with E-state index >= 15 is 0 Å². The number of aromatic nitrogens is 1. The van der Waals surface area contributed by atoms with Gasteiger partial charge in [-0.25, -0.2) is 4.98 Å². The Morgan fingerprint density at radius 1 is 1.08 bits per heavy atom. The molecular formula is C29H34N6O3. The molecular weight excluding hydrogens is 480 g/mol. The van der Waals surface area contributed by atoms with Gasteiger partial charge in [-0.05, 0) is 57.8 Å². The van der Waals surface area contributed by atoms with E-state index in [9.17, 15) is 9.59 Å². The number of nitrogens with zero attached hydrogens (tertiary/aromatic N) is 5. The van der Waals surface area contributed by atoms with Crippen LogP contribution in [0, 0.1) is 0 Å². The molecule has 2 aliphatic rings. The van der Waals surface area contributed by atoms with Crippen LogP contribution in [0.25, 0.3) is 0 Å². The minimum Gasteiger partial charge on any atom is -0.492 e. The van der Waals surface area contributed by atoms with E-state index in [0.717, 1.165) is 30.9 Å². The number of nitrogens with one attached hydrogen (secondary N) is 1. The SMILES string of the molecule is CCOc1cc(C(=O)N2CC[C@@H](N(C)C)C2)ccc1Nc1cc2c(cn1)N(C)C(=O)c1ccccc1N2C. The van der Waals surface area contributed by atoms with Crippen LogP contribution in [0.2, 0.25) is 0 Å². The Hall–Kier alpha value is -4.11. The quantitative estimate of drug-likeness (QED) is 0.524. The number of rotatable bonds is 6. The molecule has 2 amide bonds. The first-order valence-corrected chi connectivity index (χ1v) is 12.9. The third kappa shape index (κ3) is 4.65. The summed E-state index contributed by atoms with van der Waals surface area (Å²) >= 11 is 0. The average Bonchev–Trinajstić information content (AvgIpc) is 3.41. The van der Waals surface area contributed by atoms with Gasteiger partial charge < -0.3 is 29.7 Å². The number of anilines is 5. The van der Waals surface area contributed by atoms with Crippen molar-refractivity contribution in [2.45, 2.75) is 19.4 Å². The van der Waals surface area contributed by atoms with Gasteiger partial charge in [0.05, 0.1) is 41.1 Å². The highest BCUT2D eigenvalue weighted by atomic mass is 16.5. The summed E-state index contributed by atoms with van der Waals surface area (Å²) in [5.41, 5.74) is 4.34. The first-order valence-electron chi connectivity index (χ1n) is 12.9. The Kier molecular flexibility index (Phi) is 6.94. The number of carbonyl (C=O) groups excluding carboxylic acids is 2. The third-order valence-corrected chi connectivity index (χ3v) is 7.36. The normalized spacial score (nSPS) is 16.8.